The van der Waals surface area contributed by atoms with Gasteiger partial charge in [-0.3, -0.25) is 4.79 Å². The number of hydrogen-bond acceptors (Lipinski definition) is 4. The number of carbonyl (C=O) groups excluding carboxylic acids is 1. The van der Waals surface area contributed by atoms with E-state index in [1.54, 1.807) is 11.6 Å². The fourth-order valence-electron chi connectivity index (χ4n) is 2.24. The molecule has 0 unspecified atom stereocenters. The van der Waals surface area contributed by atoms with Crippen molar-refractivity contribution in [3.8, 4) is 0 Å². The predicted molar refractivity (Wildman–Crippen MR) is 100 cm³/mol. The van der Waals surface area contributed by atoms with E-state index in [0.29, 0.717) is 22.1 Å². The quantitative estimate of drug-likeness (QED) is 0.677. The highest BCUT2D eigenvalue weighted by Crippen LogP contribution is 2.26. The zero-order chi connectivity index (χ0) is 16.9. The first-order valence-electron chi connectivity index (χ1n) is 7.42. The minimum Gasteiger partial charge on any atom is -0.380 e. The van der Waals surface area contributed by atoms with Gasteiger partial charge in [0, 0.05) is 12.2 Å². The van der Waals surface area contributed by atoms with Crippen molar-refractivity contribution in [3.05, 3.63) is 75.2 Å². The summed E-state index contributed by atoms with van der Waals surface area (Å²) in [6.07, 6.45) is 0. The number of aryl methyl sites for hydroxylation is 1. The molecule has 3 aromatic rings. The van der Waals surface area contributed by atoms with Crippen molar-refractivity contribution in [2.45, 2.75) is 13.5 Å². The normalized spacial score (nSPS) is 10.4. The largest absolute Gasteiger partial charge is 0.380 e. The molecule has 0 saturated heterocycles. The van der Waals surface area contributed by atoms with Crippen LogP contribution in [0.4, 0.5) is 11.4 Å². The number of halogens is 1. The summed E-state index contributed by atoms with van der Waals surface area (Å²) >= 11 is 7.63. The highest BCUT2D eigenvalue weighted by Gasteiger charge is 2.12. The second-order valence-corrected chi connectivity index (χ2v) is 6.52. The van der Waals surface area contributed by atoms with Crippen molar-refractivity contribution < 1.29 is 4.79 Å². The maximum absolute atomic E-state index is 12.2. The third kappa shape index (κ3) is 3.93. The summed E-state index contributed by atoms with van der Waals surface area (Å²) in [5.41, 5.74) is 5.04. The predicted octanol–water partition coefficient (Wildman–Crippen LogP) is 4.97. The van der Waals surface area contributed by atoms with Crippen molar-refractivity contribution in [1.29, 1.82) is 0 Å². The molecule has 24 heavy (non-hydrogen) atoms. The molecule has 0 aliphatic heterocycles. The third-order valence-corrected chi connectivity index (χ3v) is 4.74. The van der Waals surface area contributed by atoms with Crippen LogP contribution in [-0.4, -0.2) is 10.9 Å². The van der Waals surface area contributed by atoms with Gasteiger partial charge in [-0.05, 0) is 30.7 Å². The van der Waals surface area contributed by atoms with Crippen LogP contribution in [0.5, 0.6) is 0 Å². The Bertz CT molecular complexity index is 848. The summed E-state index contributed by atoms with van der Waals surface area (Å²) in [4.78, 5) is 16.9. The van der Waals surface area contributed by atoms with Crippen molar-refractivity contribution in [3.63, 3.8) is 0 Å². The van der Waals surface area contributed by atoms with E-state index in [-0.39, 0.29) is 5.91 Å². The van der Waals surface area contributed by atoms with Crippen molar-refractivity contribution in [1.82, 2.24) is 4.98 Å². The van der Waals surface area contributed by atoms with Gasteiger partial charge in [0.15, 0.2) is 0 Å². The van der Waals surface area contributed by atoms with Gasteiger partial charge in [0.2, 0.25) is 0 Å². The van der Waals surface area contributed by atoms with E-state index in [2.05, 4.69) is 15.6 Å². The highest BCUT2D eigenvalue weighted by atomic mass is 35.5. The Labute approximate surface area is 149 Å². The van der Waals surface area contributed by atoms with Crippen molar-refractivity contribution in [2.24, 2.45) is 0 Å². The van der Waals surface area contributed by atoms with Crippen LogP contribution in [0.25, 0.3) is 0 Å². The molecule has 0 radical (unpaired) electrons. The molecule has 1 aromatic heterocycles. The number of anilines is 2. The molecule has 0 spiro atoms. The zero-order valence-electron chi connectivity index (χ0n) is 13.0. The molecule has 0 aliphatic carbocycles. The van der Waals surface area contributed by atoms with Crippen LogP contribution < -0.4 is 10.6 Å². The number of hydrogen-bond donors (Lipinski definition) is 2. The molecule has 3 rings (SSSR count). The van der Waals surface area contributed by atoms with Gasteiger partial charge >= 0.3 is 0 Å². The van der Waals surface area contributed by atoms with Crippen LogP contribution in [0.2, 0.25) is 5.02 Å². The molecule has 0 saturated carbocycles. The minimum absolute atomic E-state index is 0.170. The van der Waals surface area contributed by atoms with E-state index in [4.69, 9.17) is 11.6 Å². The van der Waals surface area contributed by atoms with Crippen LogP contribution in [0.1, 0.15) is 20.9 Å². The number of thiazole rings is 1. The van der Waals surface area contributed by atoms with Gasteiger partial charge < -0.3 is 10.6 Å². The lowest BCUT2D eigenvalue weighted by molar-refractivity contribution is 0.103. The molecule has 1 amide bonds. The topological polar surface area (TPSA) is 54.0 Å². The Hall–Kier alpha value is -2.37. The molecule has 122 valence electrons. The molecular formula is C18H16ClN3OS. The first kappa shape index (κ1) is 16.5. The Morgan fingerprint density at radius 2 is 2.00 bits per heavy atom. The lowest BCUT2D eigenvalue weighted by atomic mass is 10.2. The van der Waals surface area contributed by atoms with Crippen LogP contribution in [0, 0.1) is 6.92 Å². The van der Waals surface area contributed by atoms with Crippen molar-refractivity contribution >= 4 is 40.2 Å². The fraction of sp³-hybridized carbons (Fsp3) is 0.111. The first-order valence-corrected chi connectivity index (χ1v) is 8.68. The Balaban J connectivity index is 1.66. The summed E-state index contributed by atoms with van der Waals surface area (Å²) in [7, 11) is 0. The number of nitrogens with one attached hydrogen (secondary N) is 2. The summed E-state index contributed by atoms with van der Waals surface area (Å²) < 4.78 is 0. The second kappa shape index (κ2) is 7.47. The minimum atomic E-state index is -0.170. The first-order chi connectivity index (χ1) is 11.6. The highest BCUT2D eigenvalue weighted by molar-refractivity contribution is 7.12. The van der Waals surface area contributed by atoms with Crippen LogP contribution >= 0.6 is 22.9 Å². The molecule has 4 nitrogen and oxygen atoms in total. The van der Waals surface area contributed by atoms with Gasteiger partial charge in [0.25, 0.3) is 5.91 Å². The van der Waals surface area contributed by atoms with Crippen LogP contribution in [0.15, 0.2) is 54.0 Å². The molecule has 0 atom stereocenters. The molecular weight excluding hydrogens is 342 g/mol. The fourth-order valence-corrected chi connectivity index (χ4v) is 3.18. The SMILES string of the molecule is Cc1ncsc1C(=O)Nc1ccc(NCc2ccccc2)c(Cl)c1. The van der Waals surface area contributed by atoms with E-state index < -0.39 is 0 Å². The van der Waals surface area contributed by atoms with Crippen molar-refractivity contribution in [2.75, 3.05) is 10.6 Å². The number of rotatable bonds is 5. The number of benzene rings is 2. The average Bonchev–Trinajstić information content (AvgIpc) is 3.01. The standard InChI is InChI=1S/C18H16ClN3OS/c1-12-17(24-11-21-12)18(23)22-14-7-8-16(15(19)9-14)20-10-13-5-3-2-4-6-13/h2-9,11,20H,10H2,1H3,(H,22,23). The maximum atomic E-state index is 12.2. The van der Waals surface area contributed by atoms with Gasteiger partial charge in [0.05, 0.1) is 21.9 Å². The molecule has 2 N–H and O–H groups in total. The summed E-state index contributed by atoms with van der Waals surface area (Å²) in [5, 5.41) is 6.70. The number of nitrogens with zero attached hydrogens (tertiary/aromatic N) is 1. The molecule has 0 aliphatic rings. The van der Waals surface area contributed by atoms with Gasteiger partial charge in [-0.15, -0.1) is 11.3 Å². The molecule has 6 heteroatoms. The monoisotopic (exact) mass is 357 g/mol. The third-order valence-electron chi connectivity index (χ3n) is 3.50. The van der Waals surface area contributed by atoms with Gasteiger partial charge in [-0.1, -0.05) is 41.9 Å². The number of aromatic nitrogens is 1. The second-order valence-electron chi connectivity index (χ2n) is 5.25. The van der Waals surface area contributed by atoms with Gasteiger partial charge in [-0.2, -0.15) is 0 Å². The maximum Gasteiger partial charge on any atom is 0.267 e. The van der Waals surface area contributed by atoms with E-state index in [0.717, 1.165) is 11.4 Å². The smallest absolute Gasteiger partial charge is 0.267 e. The molecule has 0 bridgehead atoms. The summed E-state index contributed by atoms with van der Waals surface area (Å²) in [6, 6.07) is 15.5. The van der Waals surface area contributed by atoms with E-state index >= 15 is 0 Å². The van der Waals surface area contributed by atoms with E-state index in [1.807, 2.05) is 49.4 Å². The molecule has 0 fully saturated rings. The van der Waals surface area contributed by atoms with E-state index in [1.165, 1.54) is 16.9 Å². The summed E-state index contributed by atoms with van der Waals surface area (Å²) in [5.74, 6) is -0.170. The molecule has 1 heterocycles. The Kier molecular flexibility index (Phi) is 5.13. The Morgan fingerprint density at radius 1 is 1.21 bits per heavy atom. The van der Waals surface area contributed by atoms with Gasteiger partial charge in [0.1, 0.15) is 4.88 Å². The number of amides is 1. The van der Waals surface area contributed by atoms with Crippen LogP contribution in [0.3, 0.4) is 0 Å². The summed E-state index contributed by atoms with van der Waals surface area (Å²) in [6.45, 7) is 2.50. The lowest BCUT2D eigenvalue weighted by Gasteiger charge is -2.11. The Morgan fingerprint density at radius 3 is 2.67 bits per heavy atom. The average molecular weight is 358 g/mol. The van der Waals surface area contributed by atoms with Gasteiger partial charge in [-0.25, -0.2) is 4.98 Å². The van der Waals surface area contributed by atoms with E-state index in [9.17, 15) is 4.79 Å². The van der Waals surface area contributed by atoms with Crippen LogP contribution in [-0.2, 0) is 6.54 Å². The number of carbonyl (C=O) groups is 1. The zero-order valence-corrected chi connectivity index (χ0v) is 14.6. The lowest BCUT2D eigenvalue weighted by Crippen LogP contribution is -2.11. The molecule has 2 aromatic carbocycles.